The lowest BCUT2D eigenvalue weighted by atomic mass is 9.88. The first-order chi connectivity index (χ1) is 17.3. The monoisotopic (exact) mass is 502 g/mol. The zero-order valence-corrected chi connectivity index (χ0v) is 22.6. The van der Waals surface area contributed by atoms with E-state index in [1.165, 1.54) is 34.3 Å². The molecule has 5 rings (SSSR count). The third-order valence-electron chi connectivity index (χ3n) is 7.07. The minimum atomic E-state index is -0.0232. The van der Waals surface area contributed by atoms with Crippen LogP contribution in [0.25, 0.3) is 11.6 Å². The van der Waals surface area contributed by atoms with E-state index in [-0.39, 0.29) is 11.4 Å². The molecule has 0 unspecified atom stereocenters. The molecule has 36 heavy (non-hydrogen) atoms. The molecule has 0 aliphatic carbocycles. The van der Waals surface area contributed by atoms with Crippen LogP contribution in [0.2, 0.25) is 0 Å². The van der Waals surface area contributed by atoms with Crippen molar-refractivity contribution in [2.45, 2.75) is 33.2 Å². The maximum absolute atomic E-state index is 13.0. The largest absolute Gasteiger partial charge is 0.378 e. The van der Waals surface area contributed by atoms with Gasteiger partial charge in [-0.2, -0.15) is 0 Å². The first-order valence-corrected chi connectivity index (χ1v) is 13.4. The highest BCUT2D eigenvalue weighted by Crippen LogP contribution is 2.40. The Bertz CT molecular complexity index is 1260. The molecule has 0 saturated carbocycles. The van der Waals surface area contributed by atoms with Gasteiger partial charge in [-0.3, -0.25) is 9.69 Å². The fourth-order valence-corrected chi connectivity index (χ4v) is 6.23. The second-order valence-electron chi connectivity index (χ2n) is 9.99. The van der Waals surface area contributed by atoms with E-state index in [4.69, 9.17) is 9.73 Å². The highest BCUT2D eigenvalue weighted by molar-refractivity contribution is 8.18. The third kappa shape index (κ3) is 4.70. The quantitative estimate of drug-likeness (QED) is 0.496. The summed E-state index contributed by atoms with van der Waals surface area (Å²) >= 11 is 1.43. The summed E-state index contributed by atoms with van der Waals surface area (Å²) in [6.45, 7) is 13.1. The zero-order chi connectivity index (χ0) is 25.4. The molecular formula is C29H34N4O2S. The molecule has 7 heteroatoms. The van der Waals surface area contributed by atoms with Crippen LogP contribution in [-0.4, -0.2) is 61.4 Å². The lowest BCUT2D eigenvalue weighted by molar-refractivity contribution is -0.121. The number of amides is 1. The maximum Gasteiger partial charge on any atom is 0.266 e. The summed E-state index contributed by atoms with van der Waals surface area (Å²) in [5, 5.41) is 0.693. The zero-order valence-electron chi connectivity index (χ0n) is 21.7. The minimum Gasteiger partial charge on any atom is -0.378 e. The topological polar surface area (TPSA) is 48.4 Å². The Labute approximate surface area is 218 Å². The number of amidine groups is 1. The predicted octanol–water partition coefficient (Wildman–Crippen LogP) is 5.78. The summed E-state index contributed by atoms with van der Waals surface area (Å²) in [7, 11) is 1.79. The fraction of sp³-hybridized carbons (Fsp3) is 0.379. The van der Waals surface area contributed by atoms with Crippen molar-refractivity contribution in [2.24, 2.45) is 4.99 Å². The number of thioether (sulfide) groups is 1. The number of carbonyl (C=O) groups is 1. The molecule has 1 amide bonds. The van der Waals surface area contributed by atoms with Crippen LogP contribution in [0.5, 0.6) is 0 Å². The predicted molar refractivity (Wildman–Crippen MR) is 152 cm³/mol. The lowest BCUT2D eigenvalue weighted by Gasteiger charge is -2.42. The maximum atomic E-state index is 13.0. The molecule has 2 fully saturated rings. The molecule has 188 valence electrons. The Balaban J connectivity index is 1.37. The van der Waals surface area contributed by atoms with E-state index < -0.39 is 0 Å². The summed E-state index contributed by atoms with van der Waals surface area (Å²) < 4.78 is 5.44. The number of rotatable bonds is 4. The van der Waals surface area contributed by atoms with E-state index in [0.29, 0.717) is 10.1 Å². The SMILES string of the molecule is CCN1c2ccc(/C=C3\SC(=Nc4ccc(N5CCOCC5)cc4)N(C)C3=O)cc2C(C)=CC1(C)C. The van der Waals surface area contributed by atoms with E-state index in [2.05, 4.69) is 73.9 Å². The molecule has 2 saturated heterocycles. The molecule has 0 aromatic heterocycles. The van der Waals surface area contributed by atoms with Crippen molar-refractivity contribution in [3.05, 3.63) is 64.6 Å². The normalized spacial score (nSPS) is 21.9. The second kappa shape index (κ2) is 9.79. The van der Waals surface area contributed by atoms with Gasteiger partial charge in [-0.25, -0.2) is 4.99 Å². The Hall–Kier alpha value is -3.03. The van der Waals surface area contributed by atoms with Gasteiger partial charge in [0, 0.05) is 43.6 Å². The fourth-order valence-electron chi connectivity index (χ4n) is 5.24. The molecule has 3 heterocycles. The van der Waals surface area contributed by atoms with E-state index in [0.717, 1.165) is 44.1 Å². The standard InChI is InChI=1S/C29H34N4O2S/c1-6-33-25-12-7-21(17-24(25)20(2)19-29(33,3)4)18-26-27(34)31(5)28(36-26)30-22-8-10-23(11-9-22)32-13-15-35-16-14-32/h7-12,17-19H,6,13-16H2,1-5H3/b26-18-,30-28?. The summed E-state index contributed by atoms with van der Waals surface area (Å²) in [6, 6.07) is 14.7. The van der Waals surface area contributed by atoms with Gasteiger partial charge in [-0.15, -0.1) is 0 Å². The van der Waals surface area contributed by atoms with Gasteiger partial charge in [0.1, 0.15) is 0 Å². The average molecular weight is 503 g/mol. The third-order valence-corrected chi connectivity index (χ3v) is 8.13. The van der Waals surface area contributed by atoms with Crippen LogP contribution in [0.4, 0.5) is 17.1 Å². The molecule has 0 spiro atoms. The van der Waals surface area contributed by atoms with Crippen molar-refractivity contribution in [3.8, 4) is 0 Å². The number of aliphatic imine (C=N–C) groups is 1. The molecular weight excluding hydrogens is 468 g/mol. The van der Waals surface area contributed by atoms with Crippen LogP contribution < -0.4 is 9.80 Å². The van der Waals surface area contributed by atoms with E-state index in [1.807, 2.05) is 18.2 Å². The Kier molecular flexibility index (Phi) is 6.70. The highest BCUT2D eigenvalue weighted by Gasteiger charge is 2.32. The van der Waals surface area contributed by atoms with Crippen LogP contribution in [0.15, 0.2) is 58.4 Å². The van der Waals surface area contributed by atoms with Crippen molar-refractivity contribution >= 4 is 51.5 Å². The molecule has 2 aromatic carbocycles. The van der Waals surface area contributed by atoms with Crippen LogP contribution in [-0.2, 0) is 9.53 Å². The van der Waals surface area contributed by atoms with Gasteiger partial charge in [-0.05, 0) is 93.1 Å². The van der Waals surface area contributed by atoms with Crippen LogP contribution in [0.3, 0.4) is 0 Å². The smallest absolute Gasteiger partial charge is 0.266 e. The number of allylic oxidation sites excluding steroid dienone is 1. The molecule has 0 N–H and O–H groups in total. The van der Waals surface area contributed by atoms with Gasteiger partial charge >= 0.3 is 0 Å². The molecule has 3 aliphatic rings. The number of ether oxygens (including phenoxy) is 1. The number of morpholine rings is 1. The number of hydrogen-bond acceptors (Lipinski definition) is 6. The van der Waals surface area contributed by atoms with Gasteiger partial charge in [-0.1, -0.05) is 12.1 Å². The molecule has 2 aromatic rings. The molecule has 3 aliphatic heterocycles. The summed E-state index contributed by atoms with van der Waals surface area (Å²) in [6.07, 6.45) is 4.31. The van der Waals surface area contributed by atoms with Crippen molar-refractivity contribution < 1.29 is 9.53 Å². The Morgan fingerprint density at radius 3 is 2.53 bits per heavy atom. The average Bonchev–Trinajstić information content (AvgIpc) is 3.12. The van der Waals surface area contributed by atoms with Crippen molar-refractivity contribution in [3.63, 3.8) is 0 Å². The van der Waals surface area contributed by atoms with Crippen molar-refractivity contribution in [1.82, 2.24) is 4.90 Å². The molecule has 0 bridgehead atoms. The first kappa shape index (κ1) is 24.7. The first-order valence-electron chi connectivity index (χ1n) is 12.6. The van der Waals surface area contributed by atoms with Crippen molar-refractivity contribution in [1.29, 1.82) is 0 Å². The summed E-state index contributed by atoms with van der Waals surface area (Å²) in [5.74, 6) is -0.0232. The van der Waals surface area contributed by atoms with Crippen LogP contribution in [0, 0.1) is 0 Å². The summed E-state index contributed by atoms with van der Waals surface area (Å²) in [5.41, 5.74) is 6.76. The number of nitrogens with zero attached hydrogens (tertiary/aromatic N) is 4. The van der Waals surface area contributed by atoms with E-state index in [1.54, 1.807) is 11.9 Å². The van der Waals surface area contributed by atoms with E-state index >= 15 is 0 Å². The molecule has 0 radical (unpaired) electrons. The number of hydrogen-bond donors (Lipinski definition) is 0. The van der Waals surface area contributed by atoms with Crippen molar-refractivity contribution in [2.75, 3.05) is 49.7 Å². The molecule has 6 nitrogen and oxygen atoms in total. The second-order valence-corrected chi connectivity index (χ2v) is 11.0. The van der Waals surface area contributed by atoms with E-state index in [9.17, 15) is 4.79 Å². The van der Waals surface area contributed by atoms with Gasteiger partial charge < -0.3 is 14.5 Å². The minimum absolute atomic E-state index is 0.0163. The Morgan fingerprint density at radius 1 is 1.11 bits per heavy atom. The highest BCUT2D eigenvalue weighted by atomic mass is 32.2. The lowest BCUT2D eigenvalue weighted by Crippen LogP contribution is -2.44. The van der Waals surface area contributed by atoms with Crippen LogP contribution in [0.1, 0.15) is 38.8 Å². The Morgan fingerprint density at radius 2 is 1.83 bits per heavy atom. The number of fused-ring (bicyclic) bond motifs is 1. The summed E-state index contributed by atoms with van der Waals surface area (Å²) in [4.78, 5) is 24.9. The number of anilines is 2. The van der Waals surface area contributed by atoms with Gasteiger partial charge in [0.25, 0.3) is 5.91 Å². The van der Waals surface area contributed by atoms with Gasteiger partial charge in [0.2, 0.25) is 0 Å². The van der Waals surface area contributed by atoms with Gasteiger partial charge in [0.15, 0.2) is 5.17 Å². The number of carbonyl (C=O) groups excluding carboxylic acids is 1. The number of likely N-dealkylation sites (N-methyl/N-ethyl adjacent to an activating group) is 2. The molecule has 0 atom stereocenters. The van der Waals surface area contributed by atoms with Crippen LogP contribution >= 0.6 is 11.8 Å². The number of benzene rings is 2. The van der Waals surface area contributed by atoms with Gasteiger partial charge in [0.05, 0.1) is 29.3 Å².